The van der Waals surface area contributed by atoms with E-state index in [0.717, 1.165) is 23.6 Å². The number of halogens is 1. The minimum absolute atomic E-state index is 0.526. The van der Waals surface area contributed by atoms with E-state index in [1.807, 2.05) is 19.9 Å². The first-order valence-electron chi connectivity index (χ1n) is 4.20. The maximum absolute atomic E-state index is 10.2. The van der Waals surface area contributed by atoms with Gasteiger partial charge >= 0.3 is 5.97 Å². The largest absolute Gasteiger partial charge is 0.478 e. The number of aromatic nitrogens is 1. The number of pyridine rings is 1. The van der Waals surface area contributed by atoms with Gasteiger partial charge in [0, 0.05) is 5.69 Å². The number of carboxylic acids is 1. The number of hydrogen-bond donors (Lipinski definition) is 1. The second-order valence-electron chi connectivity index (χ2n) is 2.96. The highest BCUT2D eigenvalue weighted by Gasteiger charge is 2.06. The Hall–Kier alpha value is -1.36. The molecule has 0 unspecified atom stereocenters. The van der Waals surface area contributed by atoms with Crippen LogP contribution in [0.15, 0.2) is 23.0 Å². The van der Waals surface area contributed by atoms with E-state index in [0.29, 0.717) is 10.4 Å². The Labute approximate surface area is 95.7 Å². The molecule has 1 heterocycles. The van der Waals surface area contributed by atoms with E-state index in [-0.39, 0.29) is 0 Å². The summed E-state index contributed by atoms with van der Waals surface area (Å²) in [7, 11) is 0. The van der Waals surface area contributed by atoms with Gasteiger partial charge in [0.25, 0.3) is 0 Å². The topological polar surface area (TPSA) is 59.4 Å². The molecule has 0 saturated heterocycles. The van der Waals surface area contributed by atoms with Gasteiger partial charge in [-0.1, -0.05) is 0 Å². The number of hydrogen-bond acceptors (Lipinski definition) is 3. The Kier molecular flexibility index (Phi) is 3.85. The monoisotopic (exact) mass is 271 g/mol. The van der Waals surface area contributed by atoms with Gasteiger partial charge in [0.15, 0.2) is 5.75 Å². The molecule has 1 aromatic rings. The van der Waals surface area contributed by atoms with Gasteiger partial charge in [0.05, 0.1) is 12.3 Å². The molecule has 0 atom stereocenters. The summed E-state index contributed by atoms with van der Waals surface area (Å²) < 4.78 is 5.73. The fraction of sp³-hybridized carbons (Fsp3) is 0.200. The van der Waals surface area contributed by atoms with Crippen molar-refractivity contribution in [1.29, 1.82) is 0 Å². The molecule has 0 aliphatic rings. The lowest BCUT2D eigenvalue weighted by Gasteiger charge is -2.07. The van der Waals surface area contributed by atoms with Crippen molar-refractivity contribution >= 4 is 21.9 Å². The van der Waals surface area contributed by atoms with E-state index in [1.54, 1.807) is 0 Å². The fourth-order valence-electron chi connectivity index (χ4n) is 1.08. The van der Waals surface area contributed by atoms with Crippen molar-refractivity contribution in [3.05, 3.63) is 34.3 Å². The lowest BCUT2D eigenvalue weighted by molar-refractivity contribution is -0.131. The molecule has 0 spiro atoms. The summed E-state index contributed by atoms with van der Waals surface area (Å²) in [5.41, 5.74) is 1.76. The van der Waals surface area contributed by atoms with Gasteiger partial charge < -0.3 is 9.84 Å². The predicted molar refractivity (Wildman–Crippen MR) is 58.8 cm³/mol. The van der Waals surface area contributed by atoms with E-state index in [2.05, 4.69) is 20.9 Å². The van der Waals surface area contributed by atoms with Crippen molar-refractivity contribution in [2.45, 2.75) is 13.8 Å². The SMILES string of the molecule is Cc1cc(C)c(O/C=C/C(=O)O)c(Br)n1. The molecular formula is C10H10BrNO3. The molecule has 1 aromatic heterocycles. The summed E-state index contributed by atoms with van der Waals surface area (Å²) in [6.07, 6.45) is 2.04. The summed E-state index contributed by atoms with van der Waals surface area (Å²) in [6.45, 7) is 3.73. The second-order valence-corrected chi connectivity index (χ2v) is 3.71. The van der Waals surface area contributed by atoms with Crippen molar-refractivity contribution in [1.82, 2.24) is 4.98 Å². The van der Waals surface area contributed by atoms with Crippen LogP contribution in [0.1, 0.15) is 11.3 Å². The Morgan fingerprint density at radius 3 is 2.80 bits per heavy atom. The van der Waals surface area contributed by atoms with Gasteiger partial charge in [0.2, 0.25) is 0 Å². The lowest BCUT2D eigenvalue weighted by atomic mass is 10.2. The number of carbonyl (C=O) groups is 1. The van der Waals surface area contributed by atoms with Crippen LogP contribution in [-0.2, 0) is 4.79 Å². The van der Waals surface area contributed by atoms with Crippen LogP contribution in [0.2, 0.25) is 0 Å². The Morgan fingerprint density at radius 1 is 1.60 bits per heavy atom. The van der Waals surface area contributed by atoms with E-state index in [1.165, 1.54) is 0 Å². The van der Waals surface area contributed by atoms with Crippen molar-refractivity contribution in [2.75, 3.05) is 0 Å². The molecule has 1 N–H and O–H groups in total. The van der Waals surface area contributed by atoms with E-state index >= 15 is 0 Å². The number of rotatable bonds is 3. The van der Waals surface area contributed by atoms with Crippen LogP contribution in [0.4, 0.5) is 0 Å². The minimum atomic E-state index is -1.05. The molecule has 0 saturated carbocycles. The van der Waals surface area contributed by atoms with Crippen molar-refractivity contribution in [3.63, 3.8) is 0 Å². The number of aryl methyl sites for hydroxylation is 2. The predicted octanol–water partition coefficient (Wildman–Crippen LogP) is 2.44. The third kappa shape index (κ3) is 3.36. The second kappa shape index (κ2) is 4.93. The summed E-state index contributed by atoms with van der Waals surface area (Å²) in [4.78, 5) is 14.4. The van der Waals surface area contributed by atoms with Crippen LogP contribution in [0.25, 0.3) is 0 Å². The summed E-state index contributed by atoms with van der Waals surface area (Å²) in [5, 5.41) is 8.38. The molecule has 0 aliphatic heterocycles. The van der Waals surface area contributed by atoms with Crippen molar-refractivity contribution < 1.29 is 14.6 Å². The quantitative estimate of drug-likeness (QED) is 0.521. The van der Waals surface area contributed by atoms with Gasteiger partial charge in [-0.15, -0.1) is 0 Å². The highest BCUT2D eigenvalue weighted by Crippen LogP contribution is 2.27. The van der Waals surface area contributed by atoms with Crippen molar-refractivity contribution in [3.8, 4) is 5.75 Å². The zero-order valence-electron chi connectivity index (χ0n) is 8.32. The van der Waals surface area contributed by atoms with E-state index < -0.39 is 5.97 Å². The fourth-order valence-corrected chi connectivity index (χ4v) is 1.77. The molecule has 15 heavy (non-hydrogen) atoms. The summed E-state index contributed by atoms with van der Waals surface area (Å²) in [5.74, 6) is -0.526. The number of carboxylic acid groups (broad SMARTS) is 1. The molecule has 80 valence electrons. The van der Waals surface area contributed by atoms with Crippen LogP contribution in [0.5, 0.6) is 5.75 Å². The molecule has 1 rings (SSSR count). The molecule has 0 aliphatic carbocycles. The average molecular weight is 272 g/mol. The van der Waals surface area contributed by atoms with Crippen LogP contribution < -0.4 is 4.74 Å². The Bertz CT molecular complexity index is 392. The first-order valence-corrected chi connectivity index (χ1v) is 5.00. The highest BCUT2D eigenvalue weighted by molar-refractivity contribution is 9.10. The summed E-state index contributed by atoms with van der Waals surface area (Å²) in [6, 6.07) is 1.86. The smallest absolute Gasteiger partial charge is 0.331 e. The van der Waals surface area contributed by atoms with E-state index in [4.69, 9.17) is 9.84 Å². The average Bonchev–Trinajstić information content (AvgIpc) is 2.08. The van der Waals surface area contributed by atoms with Crippen molar-refractivity contribution in [2.24, 2.45) is 0 Å². The number of nitrogens with zero attached hydrogens (tertiary/aromatic N) is 1. The Morgan fingerprint density at radius 2 is 2.27 bits per heavy atom. The standard InChI is InChI=1S/C10H10BrNO3/c1-6-5-7(2)12-10(11)9(6)15-4-3-8(13)14/h3-5H,1-2H3,(H,13,14)/b4-3+. The van der Waals surface area contributed by atoms with Gasteiger partial charge in [-0.2, -0.15) is 0 Å². The minimum Gasteiger partial charge on any atom is -0.478 e. The van der Waals surface area contributed by atoms with Gasteiger partial charge in [-0.05, 0) is 41.4 Å². The van der Waals surface area contributed by atoms with Crippen LogP contribution >= 0.6 is 15.9 Å². The molecule has 0 fully saturated rings. The molecule has 5 heteroatoms. The maximum Gasteiger partial charge on any atom is 0.331 e. The van der Waals surface area contributed by atoms with Gasteiger partial charge in [0.1, 0.15) is 4.60 Å². The molecule has 0 amide bonds. The zero-order chi connectivity index (χ0) is 11.4. The third-order valence-corrected chi connectivity index (χ3v) is 2.18. The van der Waals surface area contributed by atoms with Crippen LogP contribution in [0.3, 0.4) is 0 Å². The molecular weight excluding hydrogens is 262 g/mol. The van der Waals surface area contributed by atoms with Crippen LogP contribution in [-0.4, -0.2) is 16.1 Å². The third-order valence-electron chi connectivity index (χ3n) is 1.64. The lowest BCUT2D eigenvalue weighted by Crippen LogP contribution is -1.94. The summed E-state index contributed by atoms with van der Waals surface area (Å²) >= 11 is 3.25. The highest BCUT2D eigenvalue weighted by atomic mass is 79.9. The zero-order valence-corrected chi connectivity index (χ0v) is 9.91. The molecule has 4 nitrogen and oxygen atoms in total. The normalized spacial score (nSPS) is 10.6. The number of ether oxygens (including phenoxy) is 1. The Balaban J connectivity index is 2.90. The van der Waals surface area contributed by atoms with Crippen LogP contribution in [0, 0.1) is 13.8 Å². The van der Waals surface area contributed by atoms with Gasteiger partial charge in [-0.25, -0.2) is 9.78 Å². The van der Waals surface area contributed by atoms with E-state index in [9.17, 15) is 4.79 Å². The molecule has 0 aromatic carbocycles. The maximum atomic E-state index is 10.2. The van der Waals surface area contributed by atoms with Gasteiger partial charge in [-0.3, -0.25) is 0 Å². The first-order chi connectivity index (χ1) is 7.00. The molecule has 0 radical (unpaired) electrons. The molecule has 0 bridgehead atoms. The number of aliphatic carboxylic acids is 1. The first kappa shape index (κ1) is 11.7.